The van der Waals surface area contributed by atoms with E-state index in [9.17, 15) is 4.79 Å². The number of aryl methyl sites for hydroxylation is 1. The van der Waals surface area contributed by atoms with Crippen molar-refractivity contribution in [2.24, 2.45) is 13.0 Å². The van der Waals surface area contributed by atoms with Crippen molar-refractivity contribution in [1.29, 1.82) is 0 Å². The van der Waals surface area contributed by atoms with Crippen LogP contribution >= 0.6 is 0 Å². The number of rotatable bonds is 7. The number of carbonyl (C=O) groups excluding carboxylic acids is 1. The van der Waals surface area contributed by atoms with Crippen molar-refractivity contribution in [3.63, 3.8) is 0 Å². The Labute approximate surface area is 102 Å². The third-order valence-electron chi connectivity index (χ3n) is 2.19. The van der Waals surface area contributed by atoms with Crippen LogP contribution in [0.25, 0.3) is 0 Å². The van der Waals surface area contributed by atoms with E-state index in [4.69, 9.17) is 0 Å². The maximum absolute atomic E-state index is 11.4. The molecule has 0 unspecified atom stereocenters. The molecule has 0 bridgehead atoms. The van der Waals surface area contributed by atoms with Crippen molar-refractivity contribution >= 4 is 5.91 Å². The van der Waals surface area contributed by atoms with Crippen LogP contribution in [0.1, 0.15) is 26.0 Å². The smallest absolute Gasteiger partial charge is 0.221 e. The Morgan fingerprint density at radius 1 is 1.53 bits per heavy atom. The molecule has 17 heavy (non-hydrogen) atoms. The minimum atomic E-state index is 0.0883. The van der Waals surface area contributed by atoms with Gasteiger partial charge in [-0.1, -0.05) is 19.1 Å². The van der Waals surface area contributed by atoms with Gasteiger partial charge in [-0.2, -0.15) is 0 Å². The van der Waals surface area contributed by atoms with Crippen molar-refractivity contribution in [3.05, 3.63) is 11.9 Å². The molecule has 0 aromatic carbocycles. The third kappa shape index (κ3) is 6.01. The Bertz CT molecular complexity index is 347. The molecule has 0 saturated heterocycles. The van der Waals surface area contributed by atoms with Crippen LogP contribution < -0.4 is 10.6 Å². The molecule has 1 aromatic rings. The largest absolute Gasteiger partial charge is 0.356 e. The zero-order valence-corrected chi connectivity index (χ0v) is 10.7. The summed E-state index contributed by atoms with van der Waals surface area (Å²) in [5, 5.41) is 13.8. The summed E-state index contributed by atoms with van der Waals surface area (Å²) in [6.45, 7) is 6.19. The second-order valence-electron chi connectivity index (χ2n) is 4.51. The number of amides is 1. The Morgan fingerprint density at radius 2 is 2.29 bits per heavy atom. The van der Waals surface area contributed by atoms with Crippen molar-refractivity contribution < 1.29 is 4.79 Å². The van der Waals surface area contributed by atoms with Crippen molar-refractivity contribution in [1.82, 2.24) is 25.6 Å². The Balaban J connectivity index is 2.06. The monoisotopic (exact) mass is 239 g/mol. The van der Waals surface area contributed by atoms with E-state index in [2.05, 4.69) is 34.8 Å². The van der Waals surface area contributed by atoms with Gasteiger partial charge in [0.05, 0.1) is 5.69 Å². The SMILES string of the molecule is CC(C)CNC(=O)CCNCc1cn(C)nn1. The molecule has 0 spiro atoms. The first kappa shape index (κ1) is 13.6. The van der Waals surface area contributed by atoms with Crippen LogP contribution in [-0.2, 0) is 18.4 Å². The molecule has 6 heteroatoms. The molecule has 1 rings (SSSR count). The van der Waals surface area contributed by atoms with E-state index >= 15 is 0 Å². The highest BCUT2D eigenvalue weighted by Gasteiger charge is 2.02. The summed E-state index contributed by atoms with van der Waals surface area (Å²) in [5.41, 5.74) is 0.884. The van der Waals surface area contributed by atoms with E-state index in [0.29, 0.717) is 25.4 Å². The fourth-order valence-corrected chi connectivity index (χ4v) is 1.30. The van der Waals surface area contributed by atoms with Gasteiger partial charge < -0.3 is 10.6 Å². The lowest BCUT2D eigenvalue weighted by molar-refractivity contribution is -0.121. The highest BCUT2D eigenvalue weighted by atomic mass is 16.1. The Morgan fingerprint density at radius 3 is 2.88 bits per heavy atom. The zero-order chi connectivity index (χ0) is 12.7. The van der Waals surface area contributed by atoms with Crippen LogP contribution in [0.4, 0.5) is 0 Å². The van der Waals surface area contributed by atoms with E-state index in [1.165, 1.54) is 0 Å². The van der Waals surface area contributed by atoms with Crippen molar-refractivity contribution in [2.75, 3.05) is 13.1 Å². The van der Waals surface area contributed by atoms with Gasteiger partial charge in [0.15, 0.2) is 0 Å². The molecule has 0 aliphatic rings. The van der Waals surface area contributed by atoms with Gasteiger partial charge in [-0.25, -0.2) is 0 Å². The number of hydrogen-bond donors (Lipinski definition) is 2. The quantitative estimate of drug-likeness (QED) is 0.660. The lowest BCUT2D eigenvalue weighted by Gasteiger charge is -2.07. The summed E-state index contributed by atoms with van der Waals surface area (Å²) in [7, 11) is 1.83. The molecule has 0 radical (unpaired) electrons. The van der Waals surface area contributed by atoms with Gasteiger partial charge >= 0.3 is 0 Å². The van der Waals surface area contributed by atoms with Crippen molar-refractivity contribution in [3.8, 4) is 0 Å². The summed E-state index contributed by atoms with van der Waals surface area (Å²) in [6, 6.07) is 0. The molecule has 0 aliphatic heterocycles. The van der Waals surface area contributed by atoms with Gasteiger partial charge in [0, 0.05) is 39.3 Å². The predicted octanol–water partition coefficient (Wildman–Crippen LogP) is 0.0670. The van der Waals surface area contributed by atoms with E-state index in [1.807, 2.05) is 13.2 Å². The van der Waals surface area contributed by atoms with Crippen LogP contribution in [-0.4, -0.2) is 34.0 Å². The lowest BCUT2D eigenvalue weighted by Crippen LogP contribution is -2.30. The molecule has 0 atom stereocenters. The average Bonchev–Trinajstić information content (AvgIpc) is 2.68. The molecule has 0 saturated carbocycles. The van der Waals surface area contributed by atoms with Gasteiger partial charge in [-0.3, -0.25) is 9.48 Å². The van der Waals surface area contributed by atoms with Crippen LogP contribution in [0.3, 0.4) is 0 Å². The maximum atomic E-state index is 11.4. The molecule has 1 amide bonds. The van der Waals surface area contributed by atoms with E-state index < -0.39 is 0 Å². The van der Waals surface area contributed by atoms with E-state index in [1.54, 1.807) is 4.68 Å². The van der Waals surface area contributed by atoms with Crippen LogP contribution in [0, 0.1) is 5.92 Å². The molecule has 0 aliphatic carbocycles. The minimum absolute atomic E-state index is 0.0883. The normalized spacial score (nSPS) is 10.8. The molecule has 1 heterocycles. The first-order valence-corrected chi connectivity index (χ1v) is 5.90. The van der Waals surface area contributed by atoms with E-state index in [-0.39, 0.29) is 5.91 Å². The lowest BCUT2D eigenvalue weighted by atomic mass is 10.2. The average molecular weight is 239 g/mol. The number of nitrogens with zero attached hydrogens (tertiary/aromatic N) is 3. The topological polar surface area (TPSA) is 71.8 Å². The van der Waals surface area contributed by atoms with E-state index in [0.717, 1.165) is 12.2 Å². The van der Waals surface area contributed by atoms with Gasteiger partial charge in [-0.05, 0) is 5.92 Å². The summed E-state index contributed by atoms with van der Waals surface area (Å²) < 4.78 is 1.66. The van der Waals surface area contributed by atoms with Gasteiger partial charge in [-0.15, -0.1) is 5.10 Å². The number of nitrogens with one attached hydrogen (secondary N) is 2. The van der Waals surface area contributed by atoms with Crippen LogP contribution in [0.15, 0.2) is 6.20 Å². The first-order valence-electron chi connectivity index (χ1n) is 5.90. The standard InChI is InChI=1S/C11H21N5O/c1-9(2)6-13-11(17)4-5-12-7-10-8-16(3)15-14-10/h8-9,12H,4-7H2,1-3H3,(H,13,17). The van der Waals surface area contributed by atoms with Crippen LogP contribution in [0.2, 0.25) is 0 Å². The number of aromatic nitrogens is 3. The second-order valence-corrected chi connectivity index (χ2v) is 4.51. The molecular formula is C11H21N5O. The summed E-state index contributed by atoms with van der Waals surface area (Å²) in [6.07, 6.45) is 2.35. The molecular weight excluding hydrogens is 218 g/mol. The molecule has 1 aromatic heterocycles. The van der Waals surface area contributed by atoms with Gasteiger partial charge in [0.25, 0.3) is 0 Å². The van der Waals surface area contributed by atoms with Crippen LogP contribution in [0.5, 0.6) is 0 Å². The highest BCUT2D eigenvalue weighted by molar-refractivity contribution is 5.76. The van der Waals surface area contributed by atoms with Gasteiger partial charge in [0.2, 0.25) is 5.91 Å². The third-order valence-corrected chi connectivity index (χ3v) is 2.19. The minimum Gasteiger partial charge on any atom is -0.356 e. The number of hydrogen-bond acceptors (Lipinski definition) is 4. The maximum Gasteiger partial charge on any atom is 0.221 e. The predicted molar refractivity (Wildman–Crippen MR) is 65.2 cm³/mol. The fourth-order valence-electron chi connectivity index (χ4n) is 1.30. The molecule has 0 fully saturated rings. The zero-order valence-electron chi connectivity index (χ0n) is 10.7. The molecule has 2 N–H and O–H groups in total. The number of carbonyl (C=O) groups is 1. The second kappa shape index (κ2) is 7.01. The Hall–Kier alpha value is -1.43. The molecule has 6 nitrogen and oxygen atoms in total. The fraction of sp³-hybridized carbons (Fsp3) is 0.727. The summed E-state index contributed by atoms with van der Waals surface area (Å²) in [4.78, 5) is 11.4. The summed E-state index contributed by atoms with van der Waals surface area (Å²) >= 11 is 0. The molecule has 96 valence electrons. The Kier molecular flexibility index (Phi) is 5.62. The highest BCUT2D eigenvalue weighted by Crippen LogP contribution is 1.91. The van der Waals surface area contributed by atoms with Gasteiger partial charge in [0.1, 0.15) is 0 Å². The van der Waals surface area contributed by atoms with Crippen molar-refractivity contribution in [2.45, 2.75) is 26.8 Å². The summed E-state index contributed by atoms with van der Waals surface area (Å²) in [5.74, 6) is 0.580. The first-order chi connectivity index (χ1) is 8.08.